The van der Waals surface area contributed by atoms with E-state index >= 15 is 0 Å². The molecule has 1 atom stereocenters. The lowest BCUT2D eigenvalue weighted by Gasteiger charge is -2.13. The van der Waals surface area contributed by atoms with Gasteiger partial charge in [-0.05, 0) is 49.1 Å². The Bertz CT molecular complexity index is 818. The SMILES string of the molecule is O=C(O)CCc1cccc(NC(=O)Nc2cccc(OCC3CCCO3)c2)c1. The van der Waals surface area contributed by atoms with Gasteiger partial charge in [-0.25, -0.2) is 4.79 Å². The Hall–Kier alpha value is -3.06. The highest BCUT2D eigenvalue weighted by Crippen LogP contribution is 2.20. The predicted molar refractivity (Wildman–Crippen MR) is 106 cm³/mol. The van der Waals surface area contributed by atoms with Crippen LogP contribution in [0.3, 0.4) is 0 Å². The van der Waals surface area contributed by atoms with Gasteiger partial charge in [0.2, 0.25) is 0 Å². The number of hydrogen-bond acceptors (Lipinski definition) is 4. The maximum Gasteiger partial charge on any atom is 0.323 e. The van der Waals surface area contributed by atoms with Crippen molar-refractivity contribution in [2.45, 2.75) is 31.8 Å². The maximum atomic E-state index is 12.3. The highest BCUT2D eigenvalue weighted by Gasteiger charge is 2.16. The van der Waals surface area contributed by atoms with E-state index in [1.807, 2.05) is 18.2 Å². The molecular formula is C21H24N2O5. The van der Waals surface area contributed by atoms with Crippen molar-refractivity contribution in [1.82, 2.24) is 0 Å². The molecule has 0 saturated carbocycles. The third kappa shape index (κ3) is 6.28. The van der Waals surface area contributed by atoms with Crippen LogP contribution in [-0.2, 0) is 16.0 Å². The molecule has 1 saturated heterocycles. The van der Waals surface area contributed by atoms with Crippen molar-refractivity contribution in [3.63, 3.8) is 0 Å². The molecule has 3 rings (SSSR count). The van der Waals surface area contributed by atoms with Gasteiger partial charge in [-0.1, -0.05) is 18.2 Å². The topological polar surface area (TPSA) is 96.9 Å². The molecule has 2 amide bonds. The third-order valence-corrected chi connectivity index (χ3v) is 4.36. The van der Waals surface area contributed by atoms with E-state index in [1.165, 1.54) is 0 Å². The minimum Gasteiger partial charge on any atom is -0.491 e. The number of urea groups is 1. The fourth-order valence-corrected chi connectivity index (χ4v) is 2.98. The van der Waals surface area contributed by atoms with E-state index in [1.54, 1.807) is 30.3 Å². The minimum atomic E-state index is -0.849. The van der Waals surface area contributed by atoms with Gasteiger partial charge < -0.3 is 25.2 Å². The summed E-state index contributed by atoms with van der Waals surface area (Å²) in [5.41, 5.74) is 2.07. The second kappa shape index (κ2) is 9.75. The van der Waals surface area contributed by atoms with E-state index in [2.05, 4.69) is 10.6 Å². The Morgan fingerprint density at radius 2 is 1.86 bits per heavy atom. The first-order valence-electron chi connectivity index (χ1n) is 9.32. The number of hydrogen-bond donors (Lipinski definition) is 3. The number of anilines is 2. The molecule has 1 fully saturated rings. The Labute approximate surface area is 163 Å². The van der Waals surface area contributed by atoms with Gasteiger partial charge in [0.15, 0.2) is 0 Å². The normalized spacial score (nSPS) is 15.8. The van der Waals surface area contributed by atoms with Gasteiger partial charge in [-0.2, -0.15) is 0 Å². The van der Waals surface area contributed by atoms with E-state index in [9.17, 15) is 9.59 Å². The zero-order valence-electron chi connectivity index (χ0n) is 15.5. The number of carboxylic acids is 1. The third-order valence-electron chi connectivity index (χ3n) is 4.36. The summed E-state index contributed by atoms with van der Waals surface area (Å²) in [6.07, 6.45) is 2.66. The van der Waals surface area contributed by atoms with Gasteiger partial charge in [-0.15, -0.1) is 0 Å². The number of carbonyl (C=O) groups is 2. The summed E-state index contributed by atoms with van der Waals surface area (Å²) < 4.78 is 11.3. The van der Waals surface area contributed by atoms with Crippen molar-refractivity contribution in [3.05, 3.63) is 54.1 Å². The molecular weight excluding hydrogens is 360 g/mol. The van der Waals surface area contributed by atoms with E-state index in [0.717, 1.165) is 25.0 Å². The smallest absolute Gasteiger partial charge is 0.323 e. The van der Waals surface area contributed by atoms with Crippen LogP contribution in [-0.4, -0.2) is 36.4 Å². The Morgan fingerprint density at radius 3 is 2.57 bits per heavy atom. The lowest BCUT2D eigenvalue weighted by Crippen LogP contribution is -2.19. The molecule has 0 radical (unpaired) electrons. The number of benzene rings is 2. The van der Waals surface area contributed by atoms with Crippen molar-refractivity contribution >= 4 is 23.4 Å². The number of carboxylic acid groups (broad SMARTS) is 1. The van der Waals surface area contributed by atoms with Gasteiger partial charge in [0.1, 0.15) is 12.4 Å². The first kappa shape index (κ1) is 19.7. The quantitative estimate of drug-likeness (QED) is 0.641. The fraction of sp³-hybridized carbons (Fsp3) is 0.333. The molecule has 0 spiro atoms. The van der Waals surface area contributed by atoms with Gasteiger partial charge in [0, 0.05) is 30.5 Å². The first-order valence-corrected chi connectivity index (χ1v) is 9.32. The Kier molecular flexibility index (Phi) is 6.86. The van der Waals surface area contributed by atoms with Crippen molar-refractivity contribution in [2.75, 3.05) is 23.8 Å². The molecule has 1 aliphatic rings. The average molecular weight is 384 g/mol. The van der Waals surface area contributed by atoms with Crippen LogP contribution in [0.2, 0.25) is 0 Å². The highest BCUT2D eigenvalue weighted by molar-refractivity contribution is 5.99. The van der Waals surface area contributed by atoms with E-state index in [0.29, 0.717) is 30.2 Å². The molecule has 28 heavy (non-hydrogen) atoms. The zero-order chi connectivity index (χ0) is 19.8. The lowest BCUT2D eigenvalue weighted by atomic mass is 10.1. The summed E-state index contributed by atoms with van der Waals surface area (Å²) in [6.45, 7) is 1.28. The van der Waals surface area contributed by atoms with Crippen LogP contribution in [0.25, 0.3) is 0 Å². The summed E-state index contributed by atoms with van der Waals surface area (Å²) in [6, 6.07) is 13.9. The van der Waals surface area contributed by atoms with Gasteiger partial charge in [0.25, 0.3) is 0 Å². The van der Waals surface area contributed by atoms with Crippen LogP contribution in [0, 0.1) is 0 Å². The summed E-state index contributed by atoms with van der Waals surface area (Å²) >= 11 is 0. The average Bonchev–Trinajstić information content (AvgIpc) is 3.19. The predicted octanol–water partition coefficient (Wildman–Crippen LogP) is 3.91. The number of amides is 2. The van der Waals surface area contributed by atoms with Crippen molar-refractivity contribution in [2.24, 2.45) is 0 Å². The zero-order valence-corrected chi connectivity index (χ0v) is 15.5. The van der Waals surface area contributed by atoms with Crippen molar-refractivity contribution in [3.8, 4) is 5.75 Å². The van der Waals surface area contributed by atoms with E-state index in [4.69, 9.17) is 14.6 Å². The molecule has 148 valence electrons. The van der Waals surface area contributed by atoms with Crippen LogP contribution >= 0.6 is 0 Å². The Balaban J connectivity index is 1.52. The molecule has 1 heterocycles. The molecule has 3 N–H and O–H groups in total. The van der Waals surface area contributed by atoms with Gasteiger partial charge >= 0.3 is 12.0 Å². The summed E-state index contributed by atoms with van der Waals surface area (Å²) in [4.78, 5) is 23.0. The maximum absolute atomic E-state index is 12.3. The number of nitrogens with one attached hydrogen (secondary N) is 2. The number of carbonyl (C=O) groups excluding carboxylic acids is 1. The Morgan fingerprint density at radius 1 is 1.11 bits per heavy atom. The first-order chi connectivity index (χ1) is 13.6. The summed E-state index contributed by atoms with van der Waals surface area (Å²) in [7, 11) is 0. The molecule has 7 nitrogen and oxygen atoms in total. The van der Waals surface area contributed by atoms with Crippen LogP contribution in [0.4, 0.5) is 16.2 Å². The van der Waals surface area contributed by atoms with E-state index < -0.39 is 5.97 Å². The molecule has 0 aliphatic carbocycles. The molecule has 7 heteroatoms. The number of ether oxygens (including phenoxy) is 2. The van der Waals surface area contributed by atoms with Crippen LogP contribution in [0.15, 0.2) is 48.5 Å². The second-order valence-corrected chi connectivity index (χ2v) is 6.65. The molecule has 2 aromatic carbocycles. The van der Waals surface area contributed by atoms with Gasteiger partial charge in [0.05, 0.1) is 6.10 Å². The lowest BCUT2D eigenvalue weighted by molar-refractivity contribution is -0.136. The van der Waals surface area contributed by atoms with Gasteiger partial charge in [-0.3, -0.25) is 4.79 Å². The van der Waals surface area contributed by atoms with E-state index in [-0.39, 0.29) is 18.6 Å². The fourth-order valence-electron chi connectivity index (χ4n) is 2.98. The molecule has 0 bridgehead atoms. The molecule has 1 aliphatic heterocycles. The number of rotatable bonds is 8. The van der Waals surface area contributed by atoms with Crippen molar-refractivity contribution in [1.29, 1.82) is 0 Å². The van der Waals surface area contributed by atoms with Crippen LogP contribution < -0.4 is 15.4 Å². The summed E-state index contributed by atoms with van der Waals surface area (Å²) in [5, 5.41) is 14.3. The standard InChI is InChI=1S/C21H24N2O5/c24-20(25)10-9-15-4-1-5-16(12-15)22-21(26)23-17-6-2-7-18(13-17)28-14-19-8-3-11-27-19/h1-2,4-7,12-13,19H,3,8-11,14H2,(H,24,25)(H2,22,23,26). The molecule has 0 aromatic heterocycles. The van der Waals surface area contributed by atoms with Crippen molar-refractivity contribution < 1.29 is 24.2 Å². The van der Waals surface area contributed by atoms with Crippen LogP contribution in [0.5, 0.6) is 5.75 Å². The number of aryl methyl sites for hydroxylation is 1. The molecule has 2 aromatic rings. The minimum absolute atomic E-state index is 0.0499. The summed E-state index contributed by atoms with van der Waals surface area (Å²) in [5.74, 6) is -0.179. The molecule has 1 unspecified atom stereocenters. The van der Waals surface area contributed by atoms with Crippen LogP contribution in [0.1, 0.15) is 24.8 Å². The number of aliphatic carboxylic acids is 1. The second-order valence-electron chi connectivity index (χ2n) is 6.65. The largest absolute Gasteiger partial charge is 0.491 e. The monoisotopic (exact) mass is 384 g/mol. The highest BCUT2D eigenvalue weighted by atomic mass is 16.5.